The minimum Gasteiger partial charge on any atom is -0.481 e. The molecule has 38 heavy (non-hydrogen) atoms. The summed E-state index contributed by atoms with van der Waals surface area (Å²) in [6, 6.07) is 0. The molecule has 0 bridgehead atoms. The number of ether oxygens (including phenoxy) is 5. The van der Waals surface area contributed by atoms with E-state index in [4.69, 9.17) is 40.8 Å². The zero-order valence-corrected chi connectivity index (χ0v) is 21.4. The van der Waals surface area contributed by atoms with Gasteiger partial charge in [0.2, 0.25) is 0 Å². The number of esters is 2. The van der Waals surface area contributed by atoms with Crippen LogP contribution in [0.3, 0.4) is 0 Å². The van der Waals surface area contributed by atoms with Crippen LogP contribution in [0.1, 0.15) is 38.5 Å². The van der Waals surface area contributed by atoms with Crippen molar-refractivity contribution in [1.82, 2.24) is 0 Å². The number of cyclic esters (lactones) is 2. The Balaban J connectivity index is 0. The highest BCUT2D eigenvalue weighted by atomic mass is 16.6. The van der Waals surface area contributed by atoms with Crippen molar-refractivity contribution < 1.29 is 48.0 Å². The second-order valence-electron chi connectivity index (χ2n) is 7.03. The fourth-order valence-corrected chi connectivity index (χ4v) is 2.20. The number of rotatable bonds is 21. The van der Waals surface area contributed by atoms with Gasteiger partial charge in [0.25, 0.3) is 0 Å². The summed E-state index contributed by atoms with van der Waals surface area (Å²) in [5.74, 6) is -1.81. The van der Waals surface area contributed by atoms with Gasteiger partial charge in [0, 0.05) is 48.9 Å². The predicted molar refractivity (Wildman–Crippen MR) is 132 cm³/mol. The summed E-state index contributed by atoms with van der Waals surface area (Å²) in [5.41, 5.74) is 21.1. The van der Waals surface area contributed by atoms with Crippen molar-refractivity contribution in [2.24, 2.45) is 16.0 Å². The molecule has 0 aromatic rings. The van der Waals surface area contributed by atoms with Crippen LogP contribution in [0.15, 0.2) is 10.2 Å². The Bertz CT molecular complexity index is 743. The number of carboxylic acids is 1. The van der Waals surface area contributed by atoms with Crippen LogP contribution in [0.4, 0.5) is 0 Å². The van der Waals surface area contributed by atoms with Crippen molar-refractivity contribution in [2.45, 2.75) is 38.5 Å². The van der Waals surface area contributed by atoms with Gasteiger partial charge < -0.3 is 34.5 Å². The van der Waals surface area contributed by atoms with Crippen molar-refractivity contribution in [3.8, 4) is 0 Å². The first-order chi connectivity index (χ1) is 18.4. The van der Waals surface area contributed by atoms with E-state index >= 15 is 0 Å². The molecule has 0 radical (unpaired) electrons. The van der Waals surface area contributed by atoms with Crippen molar-refractivity contribution in [3.05, 3.63) is 20.9 Å². The molecule has 0 atom stereocenters. The van der Waals surface area contributed by atoms with Gasteiger partial charge in [-0.05, 0) is 17.5 Å². The Labute approximate surface area is 220 Å². The molecular weight excluding hydrogens is 510 g/mol. The molecule has 17 heteroatoms. The quantitative estimate of drug-likeness (QED) is 0.0521. The van der Waals surface area contributed by atoms with E-state index in [2.05, 4.69) is 24.8 Å². The fourth-order valence-electron chi connectivity index (χ4n) is 2.20. The first-order valence-corrected chi connectivity index (χ1v) is 11.9. The highest BCUT2D eigenvalue weighted by Crippen LogP contribution is 2.04. The third kappa shape index (κ3) is 32.7. The summed E-state index contributed by atoms with van der Waals surface area (Å²) in [5, 5.41) is 15.0. The summed E-state index contributed by atoms with van der Waals surface area (Å²) in [6.45, 7) is 4.87. The van der Waals surface area contributed by atoms with Crippen molar-refractivity contribution in [3.63, 3.8) is 0 Å². The van der Waals surface area contributed by atoms with Gasteiger partial charge in [0.15, 0.2) is 0 Å². The Morgan fingerprint density at radius 1 is 0.789 bits per heavy atom. The number of carbonyl (C=O) groups is 4. The van der Waals surface area contributed by atoms with Gasteiger partial charge in [-0.2, -0.15) is 0 Å². The number of hydrogen-bond acceptors (Lipinski definition) is 12. The number of nitrogens with zero attached hydrogens (tertiary/aromatic N) is 6. The van der Waals surface area contributed by atoms with E-state index in [1.165, 1.54) is 0 Å². The number of azide groups is 2. The average Bonchev–Trinajstić information content (AvgIpc) is 3.28. The summed E-state index contributed by atoms with van der Waals surface area (Å²) < 4.78 is 24.5. The molecule has 1 rings (SSSR count). The van der Waals surface area contributed by atoms with E-state index in [9.17, 15) is 19.2 Å². The van der Waals surface area contributed by atoms with E-state index in [-0.39, 0.29) is 31.5 Å². The smallest absolute Gasteiger partial charge is 0.314 e. The Morgan fingerprint density at radius 3 is 1.66 bits per heavy atom. The van der Waals surface area contributed by atoms with Crippen molar-refractivity contribution in [2.75, 3.05) is 72.5 Å². The number of Topliss-reactive ketones (excluding diaryl/α,β-unsaturated/α-hetero) is 1. The van der Waals surface area contributed by atoms with Gasteiger partial charge in [-0.25, -0.2) is 0 Å². The standard InChI is InChI=1S/C11H19N3O5.C6H14N4O2.C4H4O3/c12-14-13-5-7-19-9-8-18-6-1-2-10(15)3-4-11(16)17;7-1-3-11-5-6-12-4-2-9-10-8;5-3-1-2-4(6)7-3/h1-9H2,(H,16,17);1-7H2;1-2H2. The van der Waals surface area contributed by atoms with Crippen molar-refractivity contribution in [1.29, 1.82) is 0 Å². The van der Waals surface area contributed by atoms with Crippen LogP contribution in [0.5, 0.6) is 0 Å². The normalized spacial score (nSPS) is 11.6. The van der Waals surface area contributed by atoms with Gasteiger partial charge in [-0.1, -0.05) is 10.2 Å². The van der Waals surface area contributed by atoms with E-state index in [1.54, 1.807) is 0 Å². The molecule has 1 heterocycles. The third-order valence-corrected chi connectivity index (χ3v) is 3.93. The van der Waals surface area contributed by atoms with E-state index in [0.717, 1.165) is 0 Å². The lowest BCUT2D eigenvalue weighted by Gasteiger charge is -2.04. The van der Waals surface area contributed by atoms with Crippen molar-refractivity contribution >= 4 is 23.7 Å². The summed E-state index contributed by atoms with van der Waals surface area (Å²) in [4.78, 5) is 46.6. The van der Waals surface area contributed by atoms with Gasteiger partial charge in [-0.15, -0.1) is 0 Å². The summed E-state index contributed by atoms with van der Waals surface area (Å²) >= 11 is 0. The molecule has 216 valence electrons. The lowest BCUT2D eigenvalue weighted by Crippen LogP contribution is -2.12. The SMILES string of the molecule is O=C1CCC(=O)O1.[N-]=[N+]=NCCOCCOCCCC(=O)CCC(=O)O.[N-]=[N+]=NCCOCCOCCN. The molecule has 0 aromatic carbocycles. The zero-order valence-electron chi connectivity index (χ0n) is 21.4. The highest BCUT2D eigenvalue weighted by molar-refractivity contribution is 5.92. The first-order valence-electron chi connectivity index (χ1n) is 11.9. The van der Waals surface area contributed by atoms with Gasteiger partial charge >= 0.3 is 17.9 Å². The maximum Gasteiger partial charge on any atom is 0.314 e. The number of nitrogens with two attached hydrogens (primary N) is 1. The molecular formula is C21H37N7O10. The maximum atomic E-state index is 11.2. The molecule has 0 amide bonds. The maximum absolute atomic E-state index is 11.2. The summed E-state index contributed by atoms with van der Waals surface area (Å²) in [7, 11) is 0. The van der Waals surface area contributed by atoms with Gasteiger partial charge in [-0.3, -0.25) is 19.2 Å². The molecule has 0 unspecified atom stereocenters. The highest BCUT2D eigenvalue weighted by Gasteiger charge is 2.19. The monoisotopic (exact) mass is 547 g/mol. The summed E-state index contributed by atoms with van der Waals surface area (Å²) in [6.07, 6.45) is 1.41. The van der Waals surface area contributed by atoms with Crippen LogP contribution in [0, 0.1) is 0 Å². The predicted octanol–water partition coefficient (Wildman–Crippen LogP) is 1.68. The lowest BCUT2D eigenvalue weighted by molar-refractivity contribution is -0.152. The topological polar surface area (TPSA) is 258 Å². The minimum absolute atomic E-state index is 0.0587. The largest absolute Gasteiger partial charge is 0.481 e. The lowest BCUT2D eigenvalue weighted by atomic mass is 10.1. The van der Waals surface area contributed by atoms with Crippen LogP contribution < -0.4 is 5.73 Å². The second kappa shape index (κ2) is 29.9. The van der Waals surface area contributed by atoms with Crippen LogP contribution in [0.25, 0.3) is 20.9 Å². The van der Waals surface area contributed by atoms with Crippen LogP contribution in [-0.4, -0.2) is 101 Å². The van der Waals surface area contributed by atoms with Crippen LogP contribution >= 0.6 is 0 Å². The fraction of sp³-hybridized carbons (Fsp3) is 0.810. The molecule has 0 saturated carbocycles. The molecule has 1 aliphatic rings. The molecule has 3 N–H and O–H groups in total. The van der Waals surface area contributed by atoms with E-state index in [0.29, 0.717) is 85.3 Å². The molecule has 17 nitrogen and oxygen atoms in total. The third-order valence-electron chi connectivity index (χ3n) is 3.93. The zero-order chi connectivity index (χ0) is 28.7. The average molecular weight is 548 g/mol. The Morgan fingerprint density at radius 2 is 1.26 bits per heavy atom. The van der Waals surface area contributed by atoms with E-state index < -0.39 is 17.9 Å². The molecule has 0 aromatic heterocycles. The second-order valence-corrected chi connectivity index (χ2v) is 7.03. The first kappa shape index (κ1) is 36.9. The number of carboxylic acid groups (broad SMARTS) is 1. The number of aliphatic carboxylic acids is 1. The number of ketones is 1. The molecule has 1 saturated heterocycles. The molecule has 0 spiro atoms. The number of carbonyl (C=O) groups excluding carboxylic acids is 3. The Kier molecular flexibility index (Phi) is 29.0. The molecule has 1 fully saturated rings. The number of hydrogen-bond donors (Lipinski definition) is 2. The minimum atomic E-state index is -0.956. The Hall–Kier alpha value is -3.30. The van der Waals surface area contributed by atoms with Crippen LogP contribution in [0.2, 0.25) is 0 Å². The van der Waals surface area contributed by atoms with Crippen LogP contribution in [-0.2, 0) is 42.9 Å². The molecule has 1 aliphatic heterocycles. The van der Waals surface area contributed by atoms with E-state index in [1.807, 2.05) is 0 Å². The molecule has 0 aliphatic carbocycles. The van der Waals surface area contributed by atoms with Gasteiger partial charge in [0.05, 0.1) is 65.5 Å². The van der Waals surface area contributed by atoms with Gasteiger partial charge in [0.1, 0.15) is 5.78 Å².